The first kappa shape index (κ1) is 20.5. The van der Waals surface area contributed by atoms with Crippen LogP contribution in [0.2, 0.25) is 0 Å². The number of allylic oxidation sites excluding steroid dienone is 1. The molecule has 0 bridgehead atoms. The number of fused-ring (bicyclic) bond motifs is 1. The number of pyridine rings is 1. The number of rotatable bonds is 6. The minimum atomic E-state index is -0.502. The molecule has 0 unspecified atom stereocenters. The highest BCUT2D eigenvalue weighted by molar-refractivity contribution is 6.08. The normalized spacial score (nSPS) is 20.0. The molecule has 3 rings (SSSR count). The molecule has 1 aliphatic carbocycles. The predicted octanol–water partition coefficient (Wildman–Crippen LogP) is 0.617. The van der Waals surface area contributed by atoms with Crippen LogP contribution < -0.4 is 22.8 Å². The molecule has 7 N–H and O–H groups in total. The number of ether oxygens (including phenoxy) is 1. The molecule has 1 saturated carbocycles. The Morgan fingerprint density at radius 2 is 2.03 bits per heavy atom. The van der Waals surface area contributed by atoms with Gasteiger partial charge in [0.05, 0.1) is 17.4 Å². The smallest absolute Gasteiger partial charge is 0.260 e. The lowest BCUT2D eigenvalue weighted by Crippen LogP contribution is -2.33. The first-order valence-corrected chi connectivity index (χ1v) is 9.37. The molecule has 0 aromatic carbocycles. The van der Waals surface area contributed by atoms with Gasteiger partial charge in [0.15, 0.2) is 0 Å². The molecule has 0 atom stereocenters. The fourth-order valence-electron chi connectivity index (χ4n) is 3.80. The van der Waals surface area contributed by atoms with Gasteiger partial charge in [0.2, 0.25) is 11.9 Å². The molecule has 0 aliphatic heterocycles. The van der Waals surface area contributed by atoms with E-state index in [-0.39, 0.29) is 30.3 Å². The minimum absolute atomic E-state index is 0.0774. The summed E-state index contributed by atoms with van der Waals surface area (Å²) in [5, 5.41) is 8.27. The number of primary amides is 1. The molecular formula is C19H25N7O3. The van der Waals surface area contributed by atoms with Crippen LogP contribution in [0.1, 0.15) is 43.0 Å². The molecular weight excluding hydrogens is 374 g/mol. The second-order valence-electron chi connectivity index (χ2n) is 7.11. The van der Waals surface area contributed by atoms with E-state index in [2.05, 4.69) is 9.97 Å². The van der Waals surface area contributed by atoms with Crippen LogP contribution in [-0.2, 0) is 9.53 Å². The van der Waals surface area contributed by atoms with Crippen molar-refractivity contribution in [2.45, 2.75) is 44.8 Å². The summed E-state index contributed by atoms with van der Waals surface area (Å²) in [5.41, 5.74) is 18.1. The second-order valence-corrected chi connectivity index (χ2v) is 7.11. The second kappa shape index (κ2) is 8.39. The molecule has 1 amide bonds. The van der Waals surface area contributed by atoms with E-state index < -0.39 is 5.91 Å². The number of aromatic nitrogens is 3. The number of carbonyl (C=O) groups excluding carboxylic acids is 1. The average Bonchev–Trinajstić information content (AvgIpc) is 2.68. The van der Waals surface area contributed by atoms with Crippen LogP contribution in [0.3, 0.4) is 0 Å². The number of anilines is 1. The molecule has 29 heavy (non-hydrogen) atoms. The molecule has 10 nitrogen and oxygen atoms in total. The number of hydrogen-bond acceptors (Lipinski definition) is 8. The van der Waals surface area contributed by atoms with Crippen LogP contribution in [0.25, 0.3) is 16.6 Å². The third-order valence-electron chi connectivity index (χ3n) is 5.22. The zero-order valence-electron chi connectivity index (χ0n) is 16.2. The van der Waals surface area contributed by atoms with Crippen molar-refractivity contribution in [1.29, 1.82) is 5.41 Å². The maximum absolute atomic E-state index is 13.3. The quantitative estimate of drug-likeness (QED) is 0.514. The summed E-state index contributed by atoms with van der Waals surface area (Å²) in [6.45, 7) is 1.68. The van der Waals surface area contributed by atoms with Gasteiger partial charge in [-0.2, -0.15) is 4.98 Å². The Morgan fingerprint density at radius 3 is 2.62 bits per heavy atom. The van der Waals surface area contributed by atoms with Gasteiger partial charge in [0.1, 0.15) is 12.3 Å². The van der Waals surface area contributed by atoms with Crippen molar-refractivity contribution in [2.24, 2.45) is 11.5 Å². The number of nitrogen functional groups attached to an aromatic ring is 1. The van der Waals surface area contributed by atoms with E-state index in [1.165, 1.54) is 6.20 Å². The Bertz CT molecular complexity index is 1040. The first-order chi connectivity index (χ1) is 13.8. The van der Waals surface area contributed by atoms with Crippen molar-refractivity contribution >= 4 is 34.7 Å². The summed E-state index contributed by atoms with van der Waals surface area (Å²) in [6.07, 6.45) is 4.90. The fourth-order valence-corrected chi connectivity index (χ4v) is 3.80. The number of carbonyl (C=O) groups is 1. The van der Waals surface area contributed by atoms with E-state index in [0.29, 0.717) is 53.5 Å². The minimum Gasteiger partial charge on any atom is -0.404 e. The summed E-state index contributed by atoms with van der Waals surface area (Å²) in [7, 11) is 0. The SMILES string of the molecule is Cc1nc(N)nc2c1cc(/C(C=N)=C/N)c(=O)n2C1CCC(OCC(N)=O)CC1. The summed E-state index contributed by atoms with van der Waals surface area (Å²) >= 11 is 0. The number of nitrogens with zero attached hydrogens (tertiary/aromatic N) is 3. The van der Waals surface area contributed by atoms with Gasteiger partial charge < -0.3 is 27.3 Å². The lowest BCUT2D eigenvalue weighted by atomic mass is 9.92. The molecule has 2 aromatic heterocycles. The van der Waals surface area contributed by atoms with Gasteiger partial charge in [-0.3, -0.25) is 14.2 Å². The van der Waals surface area contributed by atoms with Crippen LogP contribution in [0.4, 0.5) is 5.95 Å². The van der Waals surface area contributed by atoms with Crippen LogP contribution in [0, 0.1) is 12.3 Å². The van der Waals surface area contributed by atoms with Crippen molar-refractivity contribution < 1.29 is 9.53 Å². The number of nitrogens with two attached hydrogens (primary N) is 3. The Labute approximate surface area is 167 Å². The molecule has 10 heteroatoms. The van der Waals surface area contributed by atoms with E-state index in [9.17, 15) is 9.59 Å². The van der Waals surface area contributed by atoms with Crippen molar-refractivity contribution in [3.05, 3.63) is 33.9 Å². The van der Waals surface area contributed by atoms with Crippen LogP contribution in [-0.4, -0.2) is 39.4 Å². The van der Waals surface area contributed by atoms with Crippen molar-refractivity contribution in [1.82, 2.24) is 14.5 Å². The monoisotopic (exact) mass is 399 g/mol. The Balaban J connectivity index is 2.07. The van der Waals surface area contributed by atoms with Crippen LogP contribution >= 0.6 is 0 Å². The molecule has 2 aromatic rings. The number of amides is 1. The average molecular weight is 399 g/mol. The summed E-state index contributed by atoms with van der Waals surface area (Å²) in [6, 6.07) is 1.53. The maximum Gasteiger partial charge on any atom is 0.260 e. The Hall–Kier alpha value is -3.27. The highest BCUT2D eigenvalue weighted by Gasteiger charge is 2.27. The van der Waals surface area contributed by atoms with E-state index in [4.69, 9.17) is 27.3 Å². The first-order valence-electron chi connectivity index (χ1n) is 9.37. The van der Waals surface area contributed by atoms with Gasteiger partial charge in [-0.15, -0.1) is 0 Å². The van der Waals surface area contributed by atoms with E-state index in [0.717, 1.165) is 6.21 Å². The summed E-state index contributed by atoms with van der Waals surface area (Å²) in [5.74, 6) is -0.409. The highest BCUT2D eigenvalue weighted by atomic mass is 16.5. The number of nitrogens with one attached hydrogen (secondary N) is 1. The zero-order valence-corrected chi connectivity index (χ0v) is 16.2. The fraction of sp³-hybridized carbons (Fsp3) is 0.421. The van der Waals surface area contributed by atoms with E-state index >= 15 is 0 Å². The molecule has 0 spiro atoms. The summed E-state index contributed by atoms with van der Waals surface area (Å²) in [4.78, 5) is 32.8. The number of aryl methyl sites for hydroxylation is 1. The van der Waals surface area contributed by atoms with Gasteiger partial charge in [-0.05, 0) is 38.7 Å². The zero-order chi connectivity index (χ0) is 21.1. The largest absolute Gasteiger partial charge is 0.404 e. The topological polar surface area (TPSA) is 176 Å². The van der Waals surface area contributed by atoms with Crippen molar-refractivity contribution in [2.75, 3.05) is 12.3 Å². The Morgan fingerprint density at radius 1 is 1.34 bits per heavy atom. The molecule has 1 fully saturated rings. The van der Waals surface area contributed by atoms with E-state index in [1.807, 2.05) is 0 Å². The third-order valence-corrected chi connectivity index (χ3v) is 5.22. The summed E-state index contributed by atoms with van der Waals surface area (Å²) < 4.78 is 7.15. The van der Waals surface area contributed by atoms with Gasteiger partial charge in [0, 0.05) is 29.4 Å². The Kier molecular flexibility index (Phi) is 5.92. The van der Waals surface area contributed by atoms with Crippen molar-refractivity contribution in [3.8, 4) is 0 Å². The lowest BCUT2D eigenvalue weighted by Gasteiger charge is -2.30. The molecule has 2 heterocycles. The van der Waals surface area contributed by atoms with Gasteiger partial charge in [0.25, 0.3) is 5.56 Å². The molecule has 1 aliphatic rings. The third kappa shape index (κ3) is 4.11. The molecule has 154 valence electrons. The van der Waals surface area contributed by atoms with Gasteiger partial charge >= 0.3 is 0 Å². The van der Waals surface area contributed by atoms with Crippen LogP contribution in [0.5, 0.6) is 0 Å². The molecule has 0 radical (unpaired) electrons. The number of hydrogen-bond donors (Lipinski definition) is 4. The predicted molar refractivity (Wildman–Crippen MR) is 110 cm³/mol. The van der Waals surface area contributed by atoms with E-state index in [1.54, 1.807) is 17.6 Å². The van der Waals surface area contributed by atoms with Gasteiger partial charge in [-0.1, -0.05) is 0 Å². The maximum atomic E-state index is 13.3. The standard InChI is InChI=1S/C19H25N7O3/c1-10-14-6-15(11(7-20)8-21)18(28)26(17(14)25-19(23)24-10)12-2-4-13(5-3-12)29-9-16(22)27/h6-8,12-13,20H,2-5,9,21H2,1H3,(H2,22,27)(H2,23,24,25)/b11-8+,20-7?. The highest BCUT2D eigenvalue weighted by Crippen LogP contribution is 2.32. The van der Waals surface area contributed by atoms with Gasteiger partial charge in [-0.25, -0.2) is 4.98 Å². The van der Waals surface area contributed by atoms with Crippen LogP contribution in [0.15, 0.2) is 17.1 Å². The molecule has 0 saturated heterocycles. The lowest BCUT2D eigenvalue weighted by molar-refractivity contribution is -0.125. The van der Waals surface area contributed by atoms with Crippen molar-refractivity contribution in [3.63, 3.8) is 0 Å².